The molecule has 0 aromatic heterocycles. The average Bonchev–Trinajstić information content (AvgIpc) is 3.46. The Kier molecular flexibility index (Phi) is 4.72. The molecule has 0 unspecified atom stereocenters. The Morgan fingerprint density at radius 1 is 1.12 bits per heavy atom. The molecule has 26 heavy (non-hydrogen) atoms. The van der Waals surface area contributed by atoms with Crippen LogP contribution in [0.15, 0.2) is 36.4 Å². The van der Waals surface area contributed by atoms with E-state index >= 15 is 0 Å². The van der Waals surface area contributed by atoms with E-state index in [1.54, 1.807) is 18.2 Å². The molecule has 2 aromatic rings. The number of ether oxygens (including phenoxy) is 2. The summed E-state index contributed by atoms with van der Waals surface area (Å²) in [4.78, 5) is 14.8. The van der Waals surface area contributed by atoms with Gasteiger partial charge in [0, 0.05) is 12.6 Å². The van der Waals surface area contributed by atoms with Gasteiger partial charge >= 0.3 is 0 Å². The summed E-state index contributed by atoms with van der Waals surface area (Å²) >= 11 is 6.26. The predicted octanol–water partition coefficient (Wildman–Crippen LogP) is 3.98. The van der Waals surface area contributed by atoms with E-state index in [0.717, 1.165) is 24.0 Å². The molecular formula is C20H19ClFNO3. The van der Waals surface area contributed by atoms with Crippen molar-refractivity contribution < 1.29 is 18.7 Å². The summed E-state index contributed by atoms with van der Waals surface area (Å²) in [5.74, 6) is 0.885. The standard InChI is InChI=1S/C20H19ClFNO3/c21-17-9-14(10-18-20(17)26-8-7-25-18)11-19(24)23(16-5-6-16)12-13-1-3-15(22)4-2-13/h1-4,9-10,16H,5-8,11-12H2. The van der Waals surface area contributed by atoms with Gasteiger partial charge in [0.15, 0.2) is 11.5 Å². The van der Waals surface area contributed by atoms with E-state index < -0.39 is 0 Å². The number of halogens is 2. The second-order valence-electron chi connectivity index (χ2n) is 6.66. The fraction of sp³-hybridized carbons (Fsp3) is 0.350. The van der Waals surface area contributed by atoms with Crippen LogP contribution in [0.2, 0.25) is 5.02 Å². The van der Waals surface area contributed by atoms with Gasteiger partial charge in [-0.25, -0.2) is 4.39 Å². The molecule has 1 fully saturated rings. The Morgan fingerprint density at radius 3 is 2.58 bits per heavy atom. The van der Waals surface area contributed by atoms with Crippen LogP contribution in [0, 0.1) is 5.82 Å². The lowest BCUT2D eigenvalue weighted by Crippen LogP contribution is -2.33. The second-order valence-corrected chi connectivity index (χ2v) is 7.07. The van der Waals surface area contributed by atoms with Gasteiger partial charge in [0.1, 0.15) is 19.0 Å². The molecular weight excluding hydrogens is 357 g/mol. The van der Waals surface area contributed by atoms with Crippen molar-refractivity contribution in [2.24, 2.45) is 0 Å². The molecule has 4 nitrogen and oxygen atoms in total. The van der Waals surface area contributed by atoms with Crippen molar-refractivity contribution in [2.75, 3.05) is 13.2 Å². The maximum atomic E-state index is 13.1. The van der Waals surface area contributed by atoms with Crippen LogP contribution in [0.25, 0.3) is 0 Å². The summed E-state index contributed by atoms with van der Waals surface area (Å²) in [6.07, 6.45) is 2.26. The summed E-state index contributed by atoms with van der Waals surface area (Å²) in [6, 6.07) is 10.1. The van der Waals surface area contributed by atoms with Crippen molar-refractivity contribution >= 4 is 17.5 Å². The highest BCUT2D eigenvalue weighted by atomic mass is 35.5. The molecule has 1 heterocycles. The third-order valence-electron chi connectivity index (χ3n) is 4.59. The van der Waals surface area contributed by atoms with Crippen LogP contribution in [0.4, 0.5) is 4.39 Å². The number of rotatable bonds is 5. The quantitative estimate of drug-likeness (QED) is 0.793. The minimum absolute atomic E-state index is 0.0320. The summed E-state index contributed by atoms with van der Waals surface area (Å²) in [5.41, 5.74) is 1.72. The maximum Gasteiger partial charge on any atom is 0.227 e. The molecule has 0 bridgehead atoms. The first-order chi connectivity index (χ1) is 12.6. The number of fused-ring (bicyclic) bond motifs is 1. The highest BCUT2D eigenvalue weighted by Gasteiger charge is 2.32. The second kappa shape index (κ2) is 7.16. The van der Waals surface area contributed by atoms with Gasteiger partial charge in [-0.15, -0.1) is 0 Å². The Bertz CT molecular complexity index is 821. The molecule has 0 spiro atoms. The Hall–Kier alpha value is -2.27. The number of hydrogen-bond donors (Lipinski definition) is 0. The van der Waals surface area contributed by atoms with Gasteiger partial charge in [0.2, 0.25) is 5.91 Å². The van der Waals surface area contributed by atoms with Crippen molar-refractivity contribution in [3.8, 4) is 11.5 Å². The lowest BCUT2D eigenvalue weighted by Gasteiger charge is -2.24. The van der Waals surface area contributed by atoms with Crippen molar-refractivity contribution in [3.63, 3.8) is 0 Å². The van der Waals surface area contributed by atoms with Crippen molar-refractivity contribution in [3.05, 3.63) is 58.4 Å². The molecule has 1 aliphatic carbocycles. The monoisotopic (exact) mass is 375 g/mol. The molecule has 0 radical (unpaired) electrons. The summed E-state index contributed by atoms with van der Waals surface area (Å²) < 4.78 is 24.2. The largest absolute Gasteiger partial charge is 0.486 e. The lowest BCUT2D eigenvalue weighted by atomic mass is 10.1. The zero-order chi connectivity index (χ0) is 18.1. The van der Waals surface area contributed by atoms with Gasteiger partial charge in [0.25, 0.3) is 0 Å². The number of carbonyl (C=O) groups is 1. The van der Waals surface area contributed by atoms with E-state index in [-0.39, 0.29) is 24.2 Å². The van der Waals surface area contributed by atoms with Crippen molar-refractivity contribution in [1.29, 1.82) is 0 Å². The molecule has 2 aromatic carbocycles. The summed E-state index contributed by atoms with van der Waals surface area (Å²) in [7, 11) is 0. The zero-order valence-electron chi connectivity index (χ0n) is 14.2. The Morgan fingerprint density at radius 2 is 1.85 bits per heavy atom. The number of nitrogens with zero attached hydrogens (tertiary/aromatic N) is 1. The number of benzene rings is 2. The molecule has 0 atom stereocenters. The van der Waals surface area contributed by atoms with Crippen molar-refractivity contribution in [1.82, 2.24) is 4.90 Å². The number of hydrogen-bond acceptors (Lipinski definition) is 3. The molecule has 0 N–H and O–H groups in total. The lowest BCUT2D eigenvalue weighted by molar-refractivity contribution is -0.131. The smallest absolute Gasteiger partial charge is 0.227 e. The van der Waals surface area contributed by atoms with Crippen LogP contribution < -0.4 is 9.47 Å². The summed E-state index contributed by atoms with van der Waals surface area (Å²) in [6.45, 7) is 1.43. The van der Waals surface area contributed by atoms with E-state index in [1.165, 1.54) is 12.1 Å². The first-order valence-electron chi connectivity index (χ1n) is 8.72. The molecule has 6 heteroatoms. The van der Waals surface area contributed by atoms with Gasteiger partial charge < -0.3 is 14.4 Å². The van der Waals surface area contributed by atoms with Crippen LogP contribution in [0.3, 0.4) is 0 Å². The number of amides is 1. The van der Waals surface area contributed by atoms with Crippen molar-refractivity contribution in [2.45, 2.75) is 31.8 Å². The van der Waals surface area contributed by atoms with Gasteiger partial charge in [0.05, 0.1) is 11.4 Å². The first kappa shape index (κ1) is 17.2. The molecule has 1 saturated carbocycles. The van der Waals surface area contributed by atoms with E-state index in [2.05, 4.69) is 0 Å². The molecule has 136 valence electrons. The van der Waals surface area contributed by atoms with E-state index in [9.17, 15) is 9.18 Å². The number of carbonyl (C=O) groups excluding carboxylic acids is 1. The van der Waals surface area contributed by atoms with Crippen LogP contribution in [-0.4, -0.2) is 30.1 Å². The van der Waals surface area contributed by atoms with Gasteiger partial charge in [-0.05, 0) is 48.2 Å². The molecule has 0 saturated heterocycles. The van der Waals surface area contributed by atoms with Crippen LogP contribution in [0.1, 0.15) is 24.0 Å². The third-order valence-corrected chi connectivity index (χ3v) is 4.87. The van der Waals surface area contributed by atoms with E-state index in [1.807, 2.05) is 11.0 Å². The summed E-state index contributed by atoms with van der Waals surface area (Å²) in [5, 5.41) is 0.460. The average molecular weight is 376 g/mol. The van der Waals surface area contributed by atoms with Crippen LogP contribution in [0.5, 0.6) is 11.5 Å². The normalized spacial score (nSPS) is 15.6. The minimum Gasteiger partial charge on any atom is -0.486 e. The Labute approximate surface area is 156 Å². The van der Waals surface area contributed by atoms with Gasteiger partial charge in [-0.3, -0.25) is 4.79 Å². The third kappa shape index (κ3) is 3.78. The molecule has 2 aliphatic rings. The molecule has 1 aliphatic heterocycles. The fourth-order valence-corrected chi connectivity index (χ4v) is 3.42. The fourth-order valence-electron chi connectivity index (χ4n) is 3.14. The zero-order valence-corrected chi connectivity index (χ0v) is 15.0. The maximum absolute atomic E-state index is 13.1. The highest BCUT2D eigenvalue weighted by molar-refractivity contribution is 6.32. The predicted molar refractivity (Wildman–Crippen MR) is 96.1 cm³/mol. The van der Waals surface area contributed by atoms with Gasteiger partial charge in [-0.2, -0.15) is 0 Å². The minimum atomic E-state index is -0.274. The van der Waals surface area contributed by atoms with Crippen LogP contribution >= 0.6 is 11.6 Å². The van der Waals surface area contributed by atoms with Gasteiger partial charge in [-0.1, -0.05) is 23.7 Å². The molecule has 1 amide bonds. The first-order valence-corrected chi connectivity index (χ1v) is 9.10. The highest BCUT2D eigenvalue weighted by Crippen LogP contribution is 2.38. The Balaban J connectivity index is 1.50. The molecule has 4 rings (SSSR count). The topological polar surface area (TPSA) is 38.8 Å². The SMILES string of the molecule is O=C(Cc1cc(Cl)c2c(c1)OCCO2)N(Cc1ccc(F)cc1)C1CC1. The van der Waals surface area contributed by atoms with E-state index in [0.29, 0.717) is 36.3 Å². The van der Waals surface area contributed by atoms with E-state index in [4.69, 9.17) is 21.1 Å². The van der Waals surface area contributed by atoms with Crippen LogP contribution in [-0.2, 0) is 17.8 Å².